The van der Waals surface area contributed by atoms with E-state index in [1.165, 1.54) is 12.5 Å². The zero-order chi connectivity index (χ0) is 18.6. The van der Waals surface area contributed by atoms with Crippen molar-refractivity contribution in [1.82, 2.24) is 19.2 Å². The van der Waals surface area contributed by atoms with Gasteiger partial charge in [-0.05, 0) is 25.2 Å². The molecule has 0 spiro atoms. The number of hydrogen-bond acceptors (Lipinski definition) is 5. The standard InChI is InChI=1S/C16H26N4O4S/c1-12(2)6-7-15(22)18-13-5-4-8-20(9-14(13)21)25(23,24)16-10-19(3)11-17-16/h10-13H,4-9H2,1-3H3,(H,18,22)/t13-/m0/s1. The van der Waals surface area contributed by atoms with E-state index in [4.69, 9.17) is 0 Å². The second kappa shape index (κ2) is 8.09. The Hall–Kier alpha value is -1.74. The number of aromatic nitrogens is 2. The minimum absolute atomic E-state index is 0.0674. The van der Waals surface area contributed by atoms with E-state index in [9.17, 15) is 18.0 Å². The Bertz CT molecular complexity index is 726. The maximum Gasteiger partial charge on any atom is 0.262 e. The van der Waals surface area contributed by atoms with Gasteiger partial charge in [-0.2, -0.15) is 4.31 Å². The van der Waals surface area contributed by atoms with Gasteiger partial charge < -0.3 is 9.88 Å². The molecule has 0 radical (unpaired) electrons. The van der Waals surface area contributed by atoms with E-state index in [2.05, 4.69) is 10.3 Å². The van der Waals surface area contributed by atoms with Crippen molar-refractivity contribution in [3.8, 4) is 0 Å². The number of ketones is 1. The number of Topliss-reactive ketones (excluding diaryl/α,β-unsaturated/α-hetero) is 1. The van der Waals surface area contributed by atoms with Crippen molar-refractivity contribution in [1.29, 1.82) is 0 Å². The predicted molar refractivity (Wildman–Crippen MR) is 92.2 cm³/mol. The first kappa shape index (κ1) is 19.6. The van der Waals surface area contributed by atoms with Crippen LogP contribution in [-0.2, 0) is 26.7 Å². The molecule has 1 aliphatic rings. The molecule has 1 aromatic rings. The van der Waals surface area contributed by atoms with Gasteiger partial charge in [0.2, 0.25) is 5.91 Å². The monoisotopic (exact) mass is 370 g/mol. The van der Waals surface area contributed by atoms with Gasteiger partial charge in [-0.25, -0.2) is 13.4 Å². The Kier molecular flexibility index (Phi) is 6.34. The van der Waals surface area contributed by atoms with Gasteiger partial charge in [0.05, 0.1) is 18.9 Å². The quantitative estimate of drug-likeness (QED) is 0.794. The number of amides is 1. The molecule has 0 bridgehead atoms. The lowest BCUT2D eigenvalue weighted by Crippen LogP contribution is -2.44. The molecule has 0 unspecified atom stereocenters. The molecule has 1 saturated heterocycles. The third kappa shape index (κ3) is 5.12. The lowest BCUT2D eigenvalue weighted by Gasteiger charge is -2.18. The summed E-state index contributed by atoms with van der Waals surface area (Å²) >= 11 is 0. The molecule has 25 heavy (non-hydrogen) atoms. The van der Waals surface area contributed by atoms with E-state index in [-0.39, 0.29) is 29.8 Å². The zero-order valence-corrected chi connectivity index (χ0v) is 15.8. The Labute approximate surface area is 148 Å². The van der Waals surface area contributed by atoms with Crippen molar-refractivity contribution >= 4 is 21.7 Å². The third-order valence-corrected chi connectivity index (χ3v) is 5.92. The van der Waals surface area contributed by atoms with Crippen LogP contribution in [0.5, 0.6) is 0 Å². The first-order valence-electron chi connectivity index (χ1n) is 8.50. The zero-order valence-electron chi connectivity index (χ0n) is 14.9. The van der Waals surface area contributed by atoms with Gasteiger partial charge in [0.1, 0.15) is 0 Å². The lowest BCUT2D eigenvalue weighted by atomic mass is 10.1. The van der Waals surface area contributed by atoms with Gasteiger partial charge >= 0.3 is 0 Å². The molecule has 2 rings (SSSR count). The average molecular weight is 370 g/mol. The van der Waals surface area contributed by atoms with Crippen molar-refractivity contribution < 1.29 is 18.0 Å². The highest BCUT2D eigenvalue weighted by Gasteiger charge is 2.33. The fourth-order valence-corrected chi connectivity index (χ4v) is 4.11. The second-order valence-corrected chi connectivity index (χ2v) is 8.76. The van der Waals surface area contributed by atoms with E-state index < -0.39 is 16.1 Å². The molecule has 1 aromatic heterocycles. The SMILES string of the molecule is CC(C)CCC(=O)N[C@H]1CCCN(S(=O)(=O)c2cn(C)cn2)CC1=O. The van der Waals surface area contributed by atoms with Gasteiger partial charge in [-0.3, -0.25) is 9.59 Å². The van der Waals surface area contributed by atoms with Crippen molar-refractivity contribution in [2.75, 3.05) is 13.1 Å². The summed E-state index contributed by atoms with van der Waals surface area (Å²) in [6.45, 7) is 4.06. The van der Waals surface area contributed by atoms with Gasteiger partial charge in [0, 0.05) is 26.2 Å². The summed E-state index contributed by atoms with van der Waals surface area (Å²) in [4.78, 5) is 28.3. The van der Waals surface area contributed by atoms with Gasteiger partial charge in [-0.15, -0.1) is 0 Å². The molecule has 1 amide bonds. The summed E-state index contributed by atoms with van der Waals surface area (Å²) in [5.74, 6) is -0.0300. The largest absolute Gasteiger partial charge is 0.346 e. The van der Waals surface area contributed by atoms with Gasteiger partial charge in [0.15, 0.2) is 10.8 Å². The summed E-state index contributed by atoms with van der Waals surface area (Å²) in [5.41, 5.74) is 0. The number of hydrogen-bond donors (Lipinski definition) is 1. The number of sulfonamides is 1. The van der Waals surface area contributed by atoms with Crippen LogP contribution in [0.15, 0.2) is 17.6 Å². The van der Waals surface area contributed by atoms with Crippen molar-refractivity contribution in [2.24, 2.45) is 13.0 Å². The van der Waals surface area contributed by atoms with Crippen LogP contribution in [0.3, 0.4) is 0 Å². The molecule has 1 aliphatic heterocycles. The molecular formula is C16H26N4O4S. The van der Waals surface area contributed by atoms with E-state index in [1.54, 1.807) is 11.6 Å². The van der Waals surface area contributed by atoms with E-state index in [0.717, 1.165) is 10.7 Å². The highest BCUT2D eigenvalue weighted by Crippen LogP contribution is 2.18. The van der Waals surface area contributed by atoms with Crippen molar-refractivity contribution in [3.05, 3.63) is 12.5 Å². The first-order chi connectivity index (χ1) is 11.7. The van der Waals surface area contributed by atoms with Crippen LogP contribution in [0.2, 0.25) is 0 Å². The summed E-state index contributed by atoms with van der Waals surface area (Å²) in [7, 11) is -2.12. The molecule has 2 heterocycles. The average Bonchev–Trinajstić information content (AvgIpc) is 2.89. The number of nitrogens with zero attached hydrogens (tertiary/aromatic N) is 3. The number of imidazole rings is 1. The Morgan fingerprint density at radius 2 is 2.16 bits per heavy atom. The van der Waals surface area contributed by atoms with E-state index in [0.29, 0.717) is 25.2 Å². The maximum absolute atomic E-state index is 12.6. The Morgan fingerprint density at radius 3 is 2.76 bits per heavy atom. The van der Waals surface area contributed by atoms with E-state index >= 15 is 0 Å². The third-order valence-electron chi connectivity index (χ3n) is 4.19. The second-order valence-electron chi connectivity index (χ2n) is 6.88. The van der Waals surface area contributed by atoms with Crippen LogP contribution >= 0.6 is 0 Å². The summed E-state index contributed by atoms with van der Waals surface area (Å²) in [6, 6.07) is -0.622. The molecule has 8 nitrogen and oxygen atoms in total. The molecule has 0 saturated carbocycles. The fraction of sp³-hybridized carbons (Fsp3) is 0.688. The van der Waals surface area contributed by atoms with Gasteiger partial charge in [-0.1, -0.05) is 13.8 Å². The van der Waals surface area contributed by atoms with Crippen molar-refractivity contribution in [3.63, 3.8) is 0 Å². The highest BCUT2D eigenvalue weighted by atomic mass is 32.2. The first-order valence-corrected chi connectivity index (χ1v) is 9.94. The van der Waals surface area contributed by atoms with Crippen LogP contribution in [0.25, 0.3) is 0 Å². The predicted octanol–water partition coefficient (Wildman–Crippen LogP) is 0.695. The van der Waals surface area contributed by atoms with Crippen LogP contribution in [0.1, 0.15) is 39.5 Å². The number of nitrogens with one attached hydrogen (secondary N) is 1. The summed E-state index contributed by atoms with van der Waals surface area (Å²) in [5, 5.41) is 2.68. The van der Waals surface area contributed by atoms with E-state index in [1.807, 2.05) is 13.8 Å². The normalized spacial score (nSPS) is 19.8. The molecular weight excluding hydrogens is 344 g/mol. The topological polar surface area (TPSA) is 101 Å². The fourth-order valence-electron chi connectivity index (χ4n) is 2.69. The minimum atomic E-state index is -3.80. The summed E-state index contributed by atoms with van der Waals surface area (Å²) < 4.78 is 27.9. The molecule has 140 valence electrons. The lowest BCUT2D eigenvalue weighted by molar-refractivity contribution is -0.127. The Balaban J connectivity index is 2.02. The number of rotatable bonds is 6. The molecule has 1 N–H and O–H groups in total. The molecule has 0 aliphatic carbocycles. The van der Waals surface area contributed by atoms with Crippen LogP contribution in [0, 0.1) is 5.92 Å². The van der Waals surface area contributed by atoms with Crippen LogP contribution < -0.4 is 5.32 Å². The number of carbonyl (C=O) groups excluding carboxylic acids is 2. The molecule has 1 atom stereocenters. The number of aryl methyl sites for hydroxylation is 1. The highest BCUT2D eigenvalue weighted by molar-refractivity contribution is 7.89. The minimum Gasteiger partial charge on any atom is -0.346 e. The maximum atomic E-state index is 12.6. The number of carbonyl (C=O) groups is 2. The smallest absolute Gasteiger partial charge is 0.262 e. The van der Waals surface area contributed by atoms with Gasteiger partial charge in [0.25, 0.3) is 10.0 Å². The summed E-state index contributed by atoms with van der Waals surface area (Å²) in [6.07, 6.45) is 4.90. The molecule has 0 aromatic carbocycles. The molecule has 1 fully saturated rings. The van der Waals surface area contributed by atoms with Crippen LogP contribution in [0.4, 0.5) is 0 Å². The van der Waals surface area contributed by atoms with Crippen molar-refractivity contribution in [2.45, 2.75) is 50.6 Å². The van der Waals surface area contributed by atoms with Crippen LogP contribution in [-0.4, -0.2) is 53.1 Å². The Morgan fingerprint density at radius 1 is 1.44 bits per heavy atom. The molecule has 9 heteroatoms.